The number of halogens is 1. The Morgan fingerprint density at radius 3 is 2.50 bits per heavy atom. The standard InChI is InChI=1S/C18H20ClNO2/c1-14(15-6-3-2-4-7-15)20-18(21)8-5-13-22-17-11-9-16(19)10-12-17/h2-4,6-7,9-12,14H,5,8,13H2,1H3,(H,20,21). The van der Waals surface area contributed by atoms with Crippen molar-refractivity contribution in [1.82, 2.24) is 5.32 Å². The number of nitrogens with one attached hydrogen (secondary N) is 1. The third-order valence-electron chi connectivity index (χ3n) is 3.31. The summed E-state index contributed by atoms with van der Waals surface area (Å²) >= 11 is 5.81. The quantitative estimate of drug-likeness (QED) is 0.770. The molecule has 0 saturated heterocycles. The van der Waals surface area contributed by atoms with Gasteiger partial charge >= 0.3 is 0 Å². The smallest absolute Gasteiger partial charge is 0.220 e. The van der Waals surface area contributed by atoms with E-state index in [1.54, 1.807) is 12.1 Å². The van der Waals surface area contributed by atoms with E-state index in [9.17, 15) is 4.79 Å². The van der Waals surface area contributed by atoms with Crippen LogP contribution in [0.1, 0.15) is 31.4 Å². The third-order valence-corrected chi connectivity index (χ3v) is 3.56. The second-order valence-electron chi connectivity index (χ2n) is 5.11. The number of benzene rings is 2. The van der Waals surface area contributed by atoms with Crippen molar-refractivity contribution in [3.05, 3.63) is 65.2 Å². The van der Waals surface area contributed by atoms with Crippen LogP contribution in [0.3, 0.4) is 0 Å². The molecule has 0 radical (unpaired) electrons. The highest BCUT2D eigenvalue weighted by molar-refractivity contribution is 6.30. The molecule has 0 bridgehead atoms. The van der Waals surface area contributed by atoms with Gasteiger partial charge in [-0.1, -0.05) is 41.9 Å². The number of carbonyl (C=O) groups excluding carboxylic acids is 1. The summed E-state index contributed by atoms with van der Waals surface area (Å²) < 4.78 is 5.56. The number of amides is 1. The van der Waals surface area contributed by atoms with Gasteiger partial charge in [0.25, 0.3) is 0 Å². The Morgan fingerprint density at radius 2 is 1.82 bits per heavy atom. The van der Waals surface area contributed by atoms with Crippen LogP contribution in [0.4, 0.5) is 0 Å². The van der Waals surface area contributed by atoms with E-state index in [1.165, 1.54) is 0 Å². The topological polar surface area (TPSA) is 38.3 Å². The summed E-state index contributed by atoms with van der Waals surface area (Å²) in [5.41, 5.74) is 1.10. The molecule has 2 aromatic carbocycles. The molecule has 0 aromatic heterocycles. The predicted molar refractivity (Wildman–Crippen MR) is 89.2 cm³/mol. The molecule has 0 aliphatic rings. The largest absolute Gasteiger partial charge is 0.494 e. The summed E-state index contributed by atoms with van der Waals surface area (Å²) in [6, 6.07) is 17.1. The van der Waals surface area contributed by atoms with Crippen LogP contribution in [-0.2, 0) is 4.79 Å². The van der Waals surface area contributed by atoms with E-state index in [4.69, 9.17) is 16.3 Å². The van der Waals surface area contributed by atoms with Gasteiger partial charge in [0, 0.05) is 11.4 Å². The lowest BCUT2D eigenvalue weighted by Gasteiger charge is -2.14. The lowest BCUT2D eigenvalue weighted by atomic mass is 10.1. The fourth-order valence-corrected chi connectivity index (χ4v) is 2.22. The predicted octanol–water partition coefficient (Wildman–Crippen LogP) is 4.38. The van der Waals surface area contributed by atoms with Crippen molar-refractivity contribution < 1.29 is 9.53 Å². The summed E-state index contributed by atoms with van der Waals surface area (Å²) in [5.74, 6) is 0.804. The molecule has 0 aliphatic heterocycles. The number of carbonyl (C=O) groups is 1. The lowest BCUT2D eigenvalue weighted by molar-refractivity contribution is -0.121. The molecule has 1 unspecified atom stereocenters. The Hall–Kier alpha value is -2.00. The minimum atomic E-state index is 0.0193. The molecule has 3 nitrogen and oxygen atoms in total. The highest BCUT2D eigenvalue weighted by Crippen LogP contribution is 2.16. The minimum Gasteiger partial charge on any atom is -0.494 e. The van der Waals surface area contributed by atoms with E-state index in [-0.39, 0.29) is 11.9 Å². The van der Waals surface area contributed by atoms with Gasteiger partial charge in [-0.3, -0.25) is 4.79 Å². The normalized spacial score (nSPS) is 11.7. The molecule has 22 heavy (non-hydrogen) atoms. The molecular weight excluding hydrogens is 298 g/mol. The Kier molecular flexibility index (Phi) is 6.28. The second-order valence-corrected chi connectivity index (χ2v) is 5.54. The zero-order valence-corrected chi connectivity index (χ0v) is 13.3. The summed E-state index contributed by atoms with van der Waals surface area (Å²) in [4.78, 5) is 11.9. The van der Waals surface area contributed by atoms with E-state index >= 15 is 0 Å². The van der Waals surface area contributed by atoms with Gasteiger partial charge in [-0.05, 0) is 43.2 Å². The molecule has 0 fully saturated rings. The molecule has 1 amide bonds. The zero-order chi connectivity index (χ0) is 15.8. The monoisotopic (exact) mass is 317 g/mol. The van der Waals surface area contributed by atoms with Crippen LogP contribution in [0.15, 0.2) is 54.6 Å². The van der Waals surface area contributed by atoms with E-state index in [1.807, 2.05) is 49.4 Å². The SMILES string of the molecule is CC(NC(=O)CCCOc1ccc(Cl)cc1)c1ccccc1. The van der Waals surface area contributed by atoms with Crippen molar-refractivity contribution in [2.75, 3.05) is 6.61 Å². The van der Waals surface area contributed by atoms with Crippen LogP contribution in [0.25, 0.3) is 0 Å². The minimum absolute atomic E-state index is 0.0193. The first kappa shape index (κ1) is 16.4. The van der Waals surface area contributed by atoms with Crippen molar-refractivity contribution in [3.8, 4) is 5.75 Å². The second kappa shape index (κ2) is 8.44. The van der Waals surface area contributed by atoms with Crippen LogP contribution in [-0.4, -0.2) is 12.5 Å². The van der Waals surface area contributed by atoms with Crippen molar-refractivity contribution in [3.63, 3.8) is 0 Å². The van der Waals surface area contributed by atoms with E-state index < -0.39 is 0 Å². The van der Waals surface area contributed by atoms with E-state index in [0.717, 1.165) is 11.3 Å². The van der Waals surface area contributed by atoms with Gasteiger partial charge in [0.2, 0.25) is 5.91 Å². The first-order valence-electron chi connectivity index (χ1n) is 7.38. The number of rotatable bonds is 7. The first-order chi connectivity index (χ1) is 10.6. The molecule has 0 aliphatic carbocycles. The van der Waals surface area contributed by atoms with Gasteiger partial charge in [0.05, 0.1) is 12.6 Å². The highest BCUT2D eigenvalue weighted by Gasteiger charge is 2.08. The maximum Gasteiger partial charge on any atom is 0.220 e. The highest BCUT2D eigenvalue weighted by atomic mass is 35.5. The summed E-state index contributed by atoms with van der Waals surface area (Å²) in [5, 5.41) is 3.67. The Balaban J connectivity index is 1.66. The van der Waals surface area contributed by atoms with Gasteiger partial charge in [-0.25, -0.2) is 0 Å². The average Bonchev–Trinajstić information content (AvgIpc) is 2.54. The van der Waals surface area contributed by atoms with Crippen LogP contribution in [0.5, 0.6) is 5.75 Å². The summed E-state index contributed by atoms with van der Waals surface area (Å²) in [7, 11) is 0. The van der Waals surface area contributed by atoms with Crippen LogP contribution in [0.2, 0.25) is 5.02 Å². The average molecular weight is 318 g/mol. The fourth-order valence-electron chi connectivity index (χ4n) is 2.09. The van der Waals surface area contributed by atoms with Crippen LogP contribution < -0.4 is 10.1 Å². The summed E-state index contributed by atoms with van der Waals surface area (Å²) in [6.07, 6.45) is 1.13. The van der Waals surface area contributed by atoms with Crippen LogP contribution in [0, 0.1) is 0 Å². The number of hydrogen-bond acceptors (Lipinski definition) is 2. The molecule has 116 valence electrons. The molecule has 0 saturated carbocycles. The molecule has 1 N–H and O–H groups in total. The molecule has 4 heteroatoms. The van der Waals surface area contributed by atoms with Gasteiger partial charge < -0.3 is 10.1 Å². The van der Waals surface area contributed by atoms with Crippen molar-refractivity contribution in [2.45, 2.75) is 25.8 Å². The maximum atomic E-state index is 11.9. The zero-order valence-electron chi connectivity index (χ0n) is 12.6. The molecule has 2 rings (SSSR count). The Labute approximate surface area is 136 Å². The van der Waals surface area contributed by atoms with Gasteiger partial charge in [-0.2, -0.15) is 0 Å². The van der Waals surface area contributed by atoms with E-state index in [2.05, 4.69) is 5.32 Å². The van der Waals surface area contributed by atoms with E-state index in [0.29, 0.717) is 24.5 Å². The number of ether oxygens (including phenoxy) is 1. The molecule has 2 aromatic rings. The van der Waals surface area contributed by atoms with Gasteiger partial charge in [0.15, 0.2) is 0 Å². The van der Waals surface area contributed by atoms with Crippen LogP contribution >= 0.6 is 11.6 Å². The maximum absolute atomic E-state index is 11.9. The van der Waals surface area contributed by atoms with Gasteiger partial charge in [-0.15, -0.1) is 0 Å². The summed E-state index contributed by atoms with van der Waals surface area (Å²) in [6.45, 7) is 2.49. The van der Waals surface area contributed by atoms with Gasteiger partial charge in [0.1, 0.15) is 5.75 Å². The fraction of sp³-hybridized carbons (Fsp3) is 0.278. The molecule has 1 atom stereocenters. The Morgan fingerprint density at radius 1 is 1.14 bits per heavy atom. The molecular formula is C18H20ClNO2. The van der Waals surface area contributed by atoms with Crippen molar-refractivity contribution in [1.29, 1.82) is 0 Å². The lowest BCUT2D eigenvalue weighted by Crippen LogP contribution is -2.26. The number of hydrogen-bond donors (Lipinski definition) is 1. The molecule has 0 spiro atoms. The Bertz CT molecular complexity index is 584. The van der Waals surface area contributed by atoms with Crippen molar-refractivity contribution in [2.24, 2.45) is 0 Å². The molecule has 0 heterocycles. The third kappa shape index (κ3) is 5.41. The first-order valence-corrected chi connectivity index (χ1v) is 7.75. The van der Waals surface area contributed by atoms with Crippen molar-refractivity contribution >= 4 is 17.5 Å².